The minimum atomic E-state index is 0.403. The van der Waals surface area contributed by atoms with Crippen molar-refractivity contribution in [3.05, 3.63) is 35.4 Å². The number of benzene rings is 1. The van der Waals surface area contributed by atoms with Gasteiger partial charge in [0.25, 0.3) is 0 Å². The van der Waals surface area contributed by atoms with Crippen LogP contribution in [0.1, 0.15) is 24.5 Å². The number of hydrogen-bond acceptors (Lipinski definition) is 3. The van der Waals surface area contributed by atoms with Crippen LogP contribution in [-0.2, 0) is 17.6 Å². The molecule has 0 radical (unpaired) electrons. The predicted octanol–water partition coefficient (Wildman–Crippen LogP) is 1.60. The van der Waals surface area contributed by atoms with Gasteiger partial charge < -0.3 is 10.1 Å². The lowest BCUT2D eigenvalue weighted by molar-refractivity contribution is -0.0390. The van der Waals surface area contributed by atoms with Crippen LogP contribution in [0.15, 0.2) is 24.3 Å². The summed E-state index contributed by atoms with van der Waals surface area (Å²) in [6, 6.07) is 10.8. The van der Waals surface area contributed by atoms with Crippen molar-refractivity contribution in [1.29, 1.82) is 0 Å². The molecule has 2 heterocycles. The zero-order valence-corrected chi connectivity index (χ0v) is 12.2. The van der Waals surface area contributed by atoms with Gasteiger partial charge in [-0.1, -0.05) is 24.3 Å². The maximum absolute atomic E-state index is 5.79. The zero-order chi connectivity index (χ0) is 13.5. The highest BCUT2D eigenvalue weighted by Gasteiger charge is 2.37. The molecule has 3 nitrogen and oxygen atoms in total. The van der Waals surface area contributed by atoms with E-state index >= 15 is 0 Å². The smallest absolute Gasteiger partial charge is 0.0674 e. The molecule has 0 saturated carbocycles. The van der Waals surface area contributed by atoms with Crippen molar-refractivity contribution >= 4 is 0 Å². The van der Waals surface area contributed by atoms with Gasteiger partial charge in [0.2, 0.25) is 0 Å². The molecule has 1 N–H and O–H groups in total. The molecule has 2 saturated heterocycles. The highest BCUT2D eigenvalue weighted by Crippen LogP contribution is 2.26. The number of nitrogens with one attached hydrogen (secondary N) is 1. The summed E-state index contributed by atoms with van der Waals surface area (Å²) in [4.78, 5) is 2.62. The summed E-state index contributed by atoms with van der Waals surface area (Å²) in [7, 11) is 0. The average molecular weight is 272 g/mol. The Bertz CT molecular complexity index is 465. The first-order valence-corrected chi connectivity index (χ1v) is 7.96. The molecule has 20 heavy (non-hydrogen) atoms. The normalized spacial score (nSPS) is 34.1. The molecule has 0 spiro atoms. The average Bonchev–Trinajstić information content (AvgIpc) is 3.00. The van der Waals surface area contributed by atoms with E-state index in [0.717, 1.165) is 13.2 Å². The molecular formula is C17H24N2O. The van der Waals surface area contributed by atoms with Crippen LogP contribution in [0.3, 0.4) is 0 Å². The Labute approximate surface area is 121 Å². The van der Waals surface area contributed by atoms with Crippen LogP contribution in [0.4, 0.5) is 0 Å². The van der Waals surface area contributed by atoms with Crippen LogP contribution in [0, 0.1) is 0 Å². The topological polar surface area (TPSA) is 24.5 Å². The second kappa shape index (κ2) is 5.14. The summed E-state index contributed by atoms with van der Waals surface area (Å²) in [6.07, 6.45) is 4.05. The molecule has 1 aliphatic carbocycles. The lowest BCUT2D eigenvalue weighted by Crippen LogP contribution is -2.45. The molecule has 3 heteroatoms. The Morgan fingerprint density at radius 2 is 1.85 bits per heavy atom. The number of nitrogens with zero attached hydrogens (tertiary/aromatic N) is 1. The van der Waals surface area contributed by atoms with Crippen molar-refractivity contribution in [2.45, 2.75) is 50.4 Å². The van der Waals surface area contributed by atoms with Gasteiger partial charge in [0.1, 0.15) is 0 Å². The molecule has 1 aromatic carbocycles. The summed E-state index contributed by atoms with van der Waals surface area (Å²) in [5.41, 5.74) is 3.08. The van der Waals surface area contributed by atoms with Gasteiger partial charge in [-0.05, 0) is 37.3 Å². The van der Waals surface area contributed by atoms with Crippen LogP contribution in [-0.4, -0.2) is 48.8 Å². The molecule has 108 valence electrons. The fraction of sp³-hybridized carbons (Fsp3) is 0.647. The van der Waals surface area contributed by atoms with Gasteiger partial charge in [-0.3, -0.25) is 4.90 Å². The molecule has 0 bridgehead atoms. The SMILES string of the molecule is C[C@H]1CN2C[C@H](NC3Cc4ccccc4C3)C[C@H]2CO1. The minimum Gasteiger partial charge on any atom is -0.376 e. The summed E-state index contributed by atoms with van der Waals surface area (Å²) in [6.45, 7) is 5.41. The highest BCUT2D eigenvalue weighted by molar-refractivity contribution is 5.33. The van der Waals surface area contributed by atoms with Crippen molar-refractivity contribution in [2.24, 2.45) is 0 Å². The van der Waals surface area contributed by atoms with E-state index in [-0.39, 0.29) is 0 Å². The Hall–Kier alpha value is -0.900. The number of rotatable bonds is 2. The first-order valence-electron chi connectivity index (χ1n) is 7.96. The molecule has 0 unspecified atom stereocenters. The van der Waals surface area contributed by atoms with Crippen LogP contribution in [0.5, 0.6) is 0 Å². The molecule has 4 rings (SSSR count). The molecular weight excluding hydrogens is 248 g/mol. The quantitative estimate of drug-likeness (QED) is 0.885. The largest absolute Gasteiger partial charge is 0.376 e. The lowest BCUT2D eigenvalue weighted by atomic mass is 10.1. The van der Waals surface area contributed by atoms with Gasteiger partial charge >= 0.3 is 0 Å². The number of morpholine rings is 1. The molecule has 3 aliphatic rings. The van der Waals surface area contributed by atoms with E-state index in [4.69, 9.17) is 4.74 Å². The molecule has 3 atom stereocenters. The first kappa shape index (κ1) is 12.8. The van der Waals surface area contributed by atoms with Gasteiger partial charge in [-0.25, -0.2) is 0 Å². The minimum absolute atomic E-state index is 0.403. The molecule has 2 fully saturated rings. The maximum atomic E-state index is 5.79. The number of ether oxygens (including phenoxy) is 1. The van der Waals surface area contributed by atoms with Gasteiger partial charge in [0.15, 0.2) is 0 Å². The standard InChI is InChI=1S/C17H24N2O/c1-12-9-19-10-16(8-17(19)11-20-12)18-15-6-13-4-2-3-5-14(13)7-15/h2-5,12,15-18H,6-11H2,1H3/t12-,16+,17-/m0/s1. The second-order valence-electron chi connectivity index (χ2n) is 6.72. The van der Waals surface area contributed by atoms with Crippen molar-refractivity contribution in [3.63, 3.8) is 0 Å². The van der Waals surface area contributed by atoms with E-state index in [0.29, 0.717) is 24.2 Å². The van der Waals surface area contributed by atoms with Crippen molar-refractivity contribution < 1.29 is 4.74 Å². The zero-order valence-electron chi connectivity index (χ0n) is 12.2. The Balaban J connectivity index is 1.35. The van der Waals surface area contributed by atoms with Gasteiger partial charge in [0, 0.05) is 31.2 Å². The van der Waals surface area contributed by atoms with Gasteiger partial charge in [0.05, 0.1) is 12.7 Å². The number of fused-ring (bicyclic) bond motifs is 2. The summed E-state index contributed by atoms with van der Waals surface area (Å²) in [5, 5.41) is 3.90. The summed E-state index contributed by atoms with van der Waals surface area (Å²) < 4.78 is 5.79. The van der Waals surface area contributed by atoms with E-state index in [1.54, 1.807) is 0 Å². The molecule has 1 aromatic rings. The van der Waals surface area contributed by atoms with E-state index in [9.17, 15) is 0 Å². The lowest BCUT2D eigenvalue weighted by Gasteiger charge is -2.33. The Morgan fingerprint density at radius 3 is 2.60 bits per heavy atom. The summed E-state index contributed by atoms with van der Waals surface area (Å²) in [5.74, 6) is 0. The second-order valence-corrected chi connectivity index (χ2v) is 6.72. The van der Waals surface area contributed by atoms with E-state index in [1.165, 1.54) is 36.9 Å². The molecule has 2 aliphatic heterocycles. The maximum Gasteiger partial charge on any atom is 0.0674 e. The van der Waals surface area contributed by atoms with Crippen molar-refractivity contribution in [3.8, 4) is 0 Å². The third-order valence-corrected chi connectivity index (χ3v) is 5.12. The monoisotopic (exact) mass is 272 g/mol. The first-order chi connectivity index (χ1) is 9.78. The fourth-order valence-electron chi connectivity index (χ4n) is 4.17. The molecule has 0 amide bonds. The molecule has 0 aromatic heterocycles. The Kier molecular flexibility index (Phi) is 3.29. The number of hydrogen-bond donors (Lipinski definition) is 1. The van der Waals surface area contributed by atoms with Crippen molar-refractivity contribution in [2.75, 3.05) is 19.7 Å². The third kappa shape index (κ3) is 2.39. The highest BCUT2D eigenvalue weighted by atomic mass is 16.5. The van der Waals surface area contributed by atoms with Crippen LogP contribution in [0.2, 0.25) is 0 Å². The Morgan fingerprint density at radius 1 is 1.10 bits per heavy atom. The van der Waals surface area contributed by atoms with Gasteiger partial charge in [-0.15, -0.1) is 0 Å². The van der Waals surface area contributed by atoms with Crippen LogP contribution < -0.4 is 5.32 Å². The third-order valence-electron chi connectivity index (χ3n) is 5.12. The summed E-state index contributed by atoms with van der Waals surface area (Å²) >= 11 is 0. The van der Waals surface area contributed by atoms with Crippen molar-refractivity contribution in [1.82, 2.24) is 10.2 Å². The van der Waals surface area contributed by atoms with E-state index < -0.39 is 0 Å². The van der Waals surface area contributed by atoms with Crippen LogP contribution >= 0.6 is 0 Å². The van der Waals surface area contributed by atoms with E-state index in [1.807, 2.05) is 0 Å². The van der Waals surface area contributed by atoms with Crippen LogP contribution in [0.25, 0.3) is 0 Å². The fourth-order valence-corrected chi connectivity index (χ4v) is 4.17. The predicted molar refractivity (Wildman–Crippen MR) is 80.0 cm³/mol. The van der Waals surface area contributed by atoms with E-state index in [2.05, 4.69) is 41.4 Å². The van der Waals surface area contributed by atoms with Gasteiger partial charge in [-0.2, -0.15) is 0 Å².